The molecule has 0 saturated carbocycles. The molecular weight excluding hydrogens is 260 g/mol. The average Bonchev–Trinajstić information content (AvgIpc) is 2.85. The van der Waals surface area contributed by atoms with Crippen LogP contribution in [-0.2, 0) is 12.3 Å². The van der Waals surface area contributed by atoms with Crippen molar-refractivity contribution in [3.8, 4) is 11.3 Å². The van der Waals surface area contributed by atoms with Gasteiger partial charge in [0.2, 0.25) is 0 Å². The van der Waals surface area contributed by atoms with Gasteiger partial charge in [0, 0.05) is 23.2 Å². The van der Waals surface area contributed by atoms with Crippen molar-refractivity contribution in [3.63, 3.8) is 0 Å². The Balaban J connectivity index is 2.13. The Kier molecular flexibility index (Phi) is 4.80. The summed E-state index contributed by atoms with van der Waals surface area (Å²) in [5.74, 6) is 0.999. The summed E-state index contributed by atoms with van der Waals surface area (Å²) in [6.45, 7) is 5.00. The molecule has 2 nitrogen and oxygen atoms in total. The van der Waals surface area contributed by atoms with E-state index in [1.165, 1.54) is 5.01 Å². The zero-order chi connectivity index (χ0) is 13.0. The molecule has 0 unspecified atom stereocenters. The highest BCUT2D eigenvalue weighted by Gasteiger charge is 2.06. The molecule has 2 rings (SSSR count). The highest BCUT2D eigenvalue weighted by molar-refractivity contribution is 7.99. The molecular formula is C14H18N2S2. The molecule has 1 heterocycles. The molecule has 0 atom stereocenters. The van der Waals surface area contributed by atoms with Crippen molar-refractivity contribution in [2.75, 3.05) is 0 Å². The Hall–Kier alpha value is -0.840. The van der Waals surface area contributed by atoms with Gasteiger partial charge in [-0.25, -0.2) is 4.98 Å². The molecule has 1 aromatic carbocycles. The van der Waals surface area contributed by atoms with E-state index in [1.807, 2.05) is 23.9 Å². The number of hydrogen-bond donors (Lipinski definition) is 1. The summed E-state index contributed by atoms with van der Waals surface area (Å²) in [5, 5.41) is 3.98. The minimum Gasteiger partial charge on any atom is -0.326 e. The lowest BCUT2D eigenvalue weighted by Crippen LogP contribution is -1.95. The van der Waals surface area contributed by atoms with Gasteiger partial charge in [0.25, 0.3) is 0 Å². The van der Waals surface area contributed by atoms with Crippen molar-refractivity contribution >= 4 is 23.1 Å². The molecule has 0 aliphatic rings. The van der Waals surface area contributed by atoms with Crippen LogP contribution < -0.4 is 5.73 Å². The first kappa shape index (κ1) is 13.6. The third kappa shape index (κ3) is 3.57. The standard InChI is InChI=1S/C14H18N2S2/c1-10(2)17-9-14-16-13(8-18-14)12-5-3-4-11(6-12)7-15/h3-6,8,10H,7,9,15H2,1-2H3. The number of benzene rings is 1. The molecule has 0 amide bonds. The summed E-state index contributed by atoms with van der Waals surface area (Å²) in [6.07, 6.45) is 0. The Morgan fingerprint density at radius 3 is 2.94 bits per heavy atom. The number of hydrogen-bond acceptors (Lipinski definition) is 4. The lowest BCUT2D eigenvalue weighted by Gasteiger charge is -2.01. The van der Waals surface area contributed by atoms with E-state index in [0.717, 1.165) is 22.6 Å². The summed E-state index contributed by atoms with van der Waals surface area (Å²) >= 11 is 3.67. The number of thioether (sulfide) groups is 1. The monoisotopic (exact) mass is 278 g/mol. The van der Waals surface area contributed by atoms with E-state index in [-0.39, 0.29) is 0 Å². The maximum atomic E-state index is 5.66. The first-order chi connectivity index (χ1) is 8.69. The van der Waals surface area contributed by atoms with E-state index in [9.17, 15) is 0 Å². The largest absolute Gasteiger partial charge is 0.326 e. The van der Waals surface area contributed by atoms with Gasteiger partial charge >= 0.3 is 0 Å². The minimum atomic E-state index is 0.577. The number of thiazole rings is 1. The van der Waals surface area contributed by atoms with Crippen LogP contribution in [0.2, 0.25) is 0 Å². The normalized spacial score (nSPS) is 11.1. The van der Waals surface area contributed by atoms with Crippen LogP contribution in [0.5, 0.6) is 0 Å². The van der Waals surface area contributed by atoms with Crippen LogP contribution in [0.15, 0.2) is 29.6 Å². The molecule has 4 heteroatoms. The number of aromatic nitrogens is 1. The predicted octanol–water partition coefficient (Wildman–Crippen LogP) is 3.91. The van der Waals surface area contributed by atoms with Crippen LogP contribution in [0.1, 0.15) is 24.4 Å². The molecule has 0 aliphatic carbocycles. The first-order valence-electron chi connectivity index (χ1n) is 6.04. The maximum absolute atomic E-state index is 5.66. The fourth-order valence-corrected chi connectivity index (χ4v) is 3.21. The lowest BCUT2D eigenvalue weighted by molar-refractivity contribution is 1.07. The van der Waals surface area contributed by atoms with Crippen molar-refractivity contribution in [1.29, 1.82) is 0 Å². The van der Waals surface area contributed by atoms with E-state index in [4.69, 9.17) is 5.73 Å². The first-order valence-corrected chi connectivity index (χ1v) is 7.97. The topological polar surface area (TPSA) is 38.9 Å². The smallest absolute Gasteiger partial charge is 0.103 e. The van der Waals surface area contributed by atoms with Crippen LogP contribution >= 0.6 is 23.1 Å². The second kappa shape index (κ2) is 6.36. The SMILES string of the molecule is CC(C)SCc1nc(-c2cccc(CN)c2)cs1. The van der Waals surface area contributed by atoms with Gasteiger partial charge in [-0.2, -0.15) is 11.8 Å². The molecule has 0 fully saturated rings. The number of rotatable bonds is 5. The van der Waals surface area contributed by atoms with Crippen LogP contribution in [0.25, 0.3) is 11.3 Å². The third-order valence-corrected chi connectivity index (χ3v) is 4.69. The fraction of sp³-hybridized carbons (Fsp3) is 0.357. The molecule has 0 saturated heterocycles. The average molecular weight is 278 g/mol. The summed E-state index contributed by atoms with van der Waals surface area (Å²) in [5.41, 5.74) is 9.04. The molecule has 0 bridgehead atoms. The van der Waals surface area contributed by atoms with Gasteiger partial charge in [0.1, 0.15) is 5.01 Å². The van der Waals surface area contributed by atoms with E-state index in [0.29, 0.717) is 11.8 Å². The molecule has 96 valence electrons. The Morgan fingerprint density at radius 1 is 1.39 bits per heavy atom. The van der Waals surface area contributed by atoms with Crippen molar-refractivity contribution in [2.24, 2.45) is 5.73 Å². The summed E-state index contributed by atoms with van der Waals surface area (Å²) in [7, 11) is 0. The summed E-state index contributed by atoms with van der Waals surface area (Å²) in [4.78, 5) is 4.68. The van der Waals surface area contributed by atoms with E-state index >= 15 is 0 Å². The Labute approximate surface area is 117 Å². The van der Waals surface area contributed by atoms with Crippen LogP contribution in [-0.4, -0.2) is 10.2 Å². The van der Waals surface area contributed by atoms with Gasteiger partial charge in [0.15, 0.2) is 0 Å². The Bertz CT molecular complexity index is 506. The summed E-state index contributed by atoms with van der Waals surface area (Å²) < 4.78 is 0. The van der Waals surface area contributed by atoms with Gasteiger partial charge in [-0.1, -0.05) is 32.0 Å². The highest BCUT2D eigenvalue weighted by atomic mass is 32.2. The van der Waals surface area contributed by atoms with Gasteiger partial charge in [-0.05, 0) is 16.9 Å². The fourth-order valence-electron chi connectivity index (χ4n) is 1.61. The van der Waals surface area contributed by atoms with Crippen molar-refractivity contribution in [1.82, 2.24) is 4.98 Å². The second-order valence-corrected chi connectivity index (χ2v) is 6.90. The Morgan fingerprint density at radius 2 is 2.22 bits per heavy atom. The van der Waals surface area contributed by atoms with Crippen LogP contribution in [0.3, 0.4) is 0 Å². The van der Waals surface area contributed by atoms with Gasteiger partial charge in [-0.3, -0.25) is 0 Å². The van der Waals surface area contributed by atoms with Crippen molar-refractivity contribution in [2.45, 2.75) is 31.4 Å². The van der Waals surface area contributed by atoms with Crippen molar-refractivity contribution in [3.05, 3.63) is 40.2 Å². The molecule has 2 aromatic rings. The maximum Gasteiger partial charge on any atom is 0.103 e. The quantitative estimate of drug-likeness (QED) is 0.901. The van der Waals surface area contributed by atoms with E-state index in [1.54, 1.807) is 11.3 Å². The molecule has 2 N–H and O–H groups in total. The summed E-state index contributed by atoms with van der Waals surface area (Å²) in [6, 6.07) is 8.30. The highest BCUT2D eigenvalue weighted by Crippen LogP contribution is 2.26. The zero-order valence-corrected chi connectivity index (χ0v) is 12.4. The van der Waals surface area contributed by atoms with Gasteiger partial charge in [0.05, 0.1) is 5.69 Å². The molecule has 0 radical (unpaired) electrons. The van der Waals surface area contributed by atoms with E-state index < -0.39 is 0 Å². The lowest BCUT2D eigenvalue weighted by atomic mass is 10.1. The molecule has 1 aromatic heterocycles. The molecule has 18 heavy (non-hydrogen) atoms. The van der Waals surface area contributed by atoms with Gasteiger partial charge < -0.3 is 5.73 Å². The van der Waals surface area contributed by atoms with Crippen molar-refractivity contribution < 1.29 is 0 Å². The minimum absolute atomic E-state index is 0.577. The number of nitrogens with zero attached hydrogens (tertiary/aromatic N) is 1. The zero-order valence-electron chi connectivity index (χ0n) is 10.7. The molecule has 0 aliphatic heterocycles. The molecule has 0 spiro atoms. The number of nitrogens with two attached hydrogens (primary N) is 1. The predicted molar refractivity (Wildman–Crippen MR) is 81.9 cm³/mol. The second-order valence-electron chi connectivity index (χ2n) is 4.39. The third-order valence-electron chi connectivity index (χ3n) is 2.55. The van der Waals surface area contributed by atoms with Gasteiger partial charge in [-0.15, -0.1) is 11.3 Å². The van der Waals surface area contributed by atoms with Crippen LogP contribution in [0.4, 0.5) is 0 Å². The van der Waals surface area contributed by atoms with E-state index in [2.05, 4.69) is 36.3 Å². The van der Waals surface area contributed by atoms with Crippen LogP contribution in [0, 0.1) is 0 Å².